The summed E-state index contributed by atoms with van der Waals surface area (Å²) in [5.41, 5.74) is 24.7. The summed E-state index contributed by atoms with van der Waals surface area (Å²) in [7, 11) is 0. The summed E-state index contributed by atoms with van der Waals surface area (Å²) in [6, 6.07) is 75.8. The van der Waals surface area contributed by atoms with Crippen LogP contribution in [0, 0.1) is 35.5 Å². The first-order valence-electron chi connectivity index (χ1n) is 30.0. The van der Waals surface area contributed by atoms with E-state index in [0.29, 0.717) is 5.41 Å². The first kappa shape index (κ1) is 43.4. The van der Waals surface area contributed by atoms with Crippen LogP contribution in [0.4, 0.5) is 17.1 Å². The van der Waals surface area contributed by atoms with Gasteiger partial charge in [-0.25, -0.2) is 0 Å². The maximum Gasteiger partial charge on any atom is 0.333 e. The van der Waals surface area contributed by atoms with Crippen molar-refractivity contribution in [2.24, 2.45) is 35.5 Å². The molecule has 2 aliphatic heterocycles. The van der Waals surface area contributed by atoms with Crippen molar-refractivity contribution in [3.05, 3.63) is 205 Å². The Bertz CT molecular complexity index is 4300. The first-order chi connectivity index (χ1) is 38.5. The summed E-state index contributed by atoms with van der Waals surface area (Å²) in [6.45, 7) is -0.0510. The summed E-state index contributed by atoms with van der Waals surface area (Å²) in [6.07, 6.45) is 16.9. The molecule has 4 heteroatoms. The quantitative estimate of drug-likeness (QED) is 0.145. The molecular formula is C74H62BN3. The Morgan fingerprint density at radius 1 is 0.410 bits per heavy atom. The highest BCUT2D eigenvalue weighted by Crippen LogP contribution is 2.64. The first-order valence-corrected chi connectivity index (χ1v) is 30.0. The van der Waals surface area contributed by atoms with Crippen LogP contribution in [0.3, 0.4) is 0 Å². The van der Waals surface area contributed by atoms with Crippen molar-refractivity contribution in [1.82, 2.24) is 9.05 Å². The minimum atomic E-state index is -0.0510. The van der Waals surface area contributed by atoms with E-state index < -0.39 is 0 Å². The van der Waals surface area contributed by atoms with Gasteiger partial charge >= 0.3 is 6.85 Å². The van der Waals surface area contributed by atoms with Gasteiger partial charge in [0.25, 0.3) is 0 Å². The van der Waals surface area contributed by atoms with E-state index in [9.17, 15) is 0 Å². The van der Waals surface area contributed by atoms with E-state index in [-0.39, 0.29) is 12.3 Å². The largest absolute Gasteiger partial charge is 0.375 e. The number of benzene rings is 9. The summed E-state index contributed by atoms with van der Waals surface area (Å²) < 4.78 is 5.60. The number of hydrogen-bond donors (Lipinski definition) is 0. The van der Waals surface area contributed by atoms with Gasteiger partial charge in [0.1, 0.15) is 0 Å². The maximum atomic E-state index is 2.89. The van der Waals surface area contributed by atoms with Crippen molar-refractivity contribution in [2.75, 3.05) is 4.90 Å². The van der Waals surface area contributed by atoms with Crippen molar-refractivity contribution in [1.29, 1.82) is 0 Å². The zero-order valence-electron chi connectivity index (χ0n) is 44.3. The molecule has 0 saturated heterocycles. The summed E-state index contributed by atoms with van der Waals surface area (Å²) >= 11 is 0. The van der Waals surface area contributed by atoms with Crippen molar-refractivity contribution < 1.29 is 0 Å². The topological polar surface area (TPSA) is 13.1 Å². The molecule has 6 saturated carbocycles. The summed E-state index contributed by atoms with van der Waals surface area (Å²) in [4.78, 5) is 2.53. The molecule has 376 valence electrons. The van der Waals surface area contributed by atoms with E-state index in [1.54, 1.807) is 11.1 Å². The van der Waals surface area contributed by atoms with Gasteiger partial charge in [0.05, 0.1) is 11.0 Å². The average Bonchev–Trinajstić information content (AvgIpc) is 4.31. The SMILES string of the molecule is c1ccc(-c2ccc3c(c2)c2cc(-c4ccccc4)cc4c2n3-c2cc(N(c3ccccc3)c3ccccc3)cc3c2B4n2c4ccc(C56CCC7CC(CC7C5)C6)cc4c4cc(C56CCC7CC(CC7C5)C6)cc-3c42)cc1. The molecule has 8 aliphatic rings. The molecule has 9 aromatic carbocycles. The normalized spacial score (nSPS) is 26.4. The highest BCUT2D eigenvalue weighted by molar-refractivity contribution is 6.90. The number of anilines is 3. The van der Waals surface area contributed by atoms with Crippen LogP contribution in [0.5, 0.6) is 0 Å². The summed E-state index contributed by atoms with van der Waals surface area (Å²) in [5, 5.41) is 5.60. The molecule has 11 aromatic rings. The van der Waals surface area contributed by atoms with Gasteiger partial charge in [-0.2, -0.15) is 0 Å². The minimum Gasteiger partial charge on any atom is -0.375 e. The standard InChI is InChI=1S/C74H62BN3/c1-5-13-47(14-6-1)49-21-23-67-60(33-49)63-34-52(48-15-7-2-8-16-48)35-66-72(63)77(67)69-40-59(76(57-17-9-3-10-18-57)58-19-11-4-12-20-58)39-62-65-38-56(74-28-26-51-30-46(42-74)32-54(51)44-74)37-64-61-36-55(22-24-68(61)78(71(64)65)75(66)70(62)69)73-27-25-50-29-45(41-73)31-53(50)43-73/h1-24,33-40,45-46,50-51,53-54H,25-32,41-44H2. The molecule has 6 fully saturated rings. The Kier molecular flexibility index (Phi) is 8.68. The van der Waals surface area contributed by atoms with Gasteiger partial charge in [-0.05, 0) is 252 Å². The lowest BCUT2D eigenvalue weighted by Gasteiger charge is -2.46. The Morgan fingerprint density at radius 3 is 1.65 bits per heavy atom. The van der Waals surface area contributed by atoms with Gasteiger partial charge in [-0.3, -0.25) is 0 Å². The number of rotatable bonds is 7. The molecule has 8 unspecified atom stereocenters. The van der Waals surface area contributed by atoms with Gasteiger partial charge in [-0.1, -0.05) is 115 Å². The van der Waals surface area contributed by atoms with Crippen LogP contribution in [0.25, 0.3) is 82.7 Å². The third kappa shape index (κ3) is 5.86. The third-order valence-corrected chi connectivity index (χ3v) is 22.5. The molecule has 2 aromatic heterocycles. The van der Waals surface area contributed by atoms with Crippen LogP contribution in [-0.2, 0) is 10.8 Å². The molecule has 8 atom stereocenters. The van der Waals surface area contributed by atoms with Crippen molar-refractivity contribution in [3.8, 4) is 39.1 Å². The Morgan fingerprint density at radius 2 is 0.974 bits per heavy atom. The monoisotopic (exact) mass is 1000 g/mol. The van der Waals surface area contributed by atoms with Gasteiger partial charge in [0.15, 0.2) is 0 Å². The molecule has 6 bridgehead atoms. The molecule has 0 N–H and O–H groups in total. The number of aromatic nitrogens is 2. The molecule has 0 spiro atoms. The summed E-state index contributed by atoms with van der Waals surface area (Å²) in [5.74, 6) is 5.44. The average molecular weight is 1000 g/mol. The van der Waals surface area contributed by atoms with Gasteiger partial charge in [-0.15, -0.1) is 0 Å². The van der Waals surface area contributed by atoms with E-state index in [0.717, 1.165) is 35.5 Å². The molecular weight excluding hydrogens is 942 g/mol. The van der Waals surface area contributed by atoms with Crippen LogP contribution >= 0.6 is 0 Å². The van der Waals surface area contributed by atoms with Crippen LogP contribution in [0.15, 0.2) is 194 Å². The fraction of sp³-hybridized carbons (Fsp3) is 0.270. The predicted molar refractivity (Wildman–Crippen MR) is 325 cm³/mol. The Hall–Kier alpha value is -7.56. The lowest BCUT2D eigenvalue weighted by atomic mass is 9.45. The minimum absolute atomic E-state index is 0.0510. The van der Waals surface area contributed by atoms with E-state index in [1.165, 1.54) is 188 Å². The Balaban J connectivity index is 0.961. The van der Waals surface area contributed by atoms with Crippen LogP contribution in [0.1, 0.15) is 88.2 Å². The molecule has 4 heterocycles. The molecule has 0 amide bonds. The van der Waals surface area contributed by atoms with Gasteiger partial charge in [0, 0.05) is 60.9 Å². The van der Waals surface area contributed by atoms with Crippen LogP contribution in [-0.4, -0.2) is 15.9 Å². The Labute approximate surface area is 457 Å². The van der Waals surface area contributed by atoms with E-state index in [1.807, 2.05) is 0 Å². The molecule has 6 aliphatic carbocycles. The lowest BCUT2D eigenvalue weighted by molar-refractivity contribution is 0.139. The van der Waals surface area contributed by atoms with Crippen LogP contribution < -0.4 is 15.8 Å². The molecule has 0 radical (unpaired) electrons. The zero-order chi connectivity index (χ0) is 50.6. The van der Waals surface area contributed by atoms with Gasteiger partial charge in [0.2, 0.25) is 0 Å². The number of fused-ring (bicyclic) bond motifs is 14. The predicted octanol–water partition coefficient (Wildman–Crippen LogP) is 17.6. The number of hydrogen-bond acceptors (Lipinski definition) is 1. The number of para-hydroxylation sites is 2. The van der Waals surface area contributed by atoms with Crippen molar-refractivity contribution in [2.45, 2.75) is 87.9 Å². The molecule has 19 rings (SSSR count). The zero-order valence-corrected chi connectivity index (χ0v) is 44.3. The van der Waals surface area contributed by atoms with Gasteiger partial charge < -0.3 is 13.9 Å². The molecule has 78 heavy (non-hydrogen) atoms. The van der Waals surface area contributed by atoms with E-state index in [4.69, 9.17) is 0 Å². The van der Waals surface area contributed by atoms with E-state index >= 15 is 0 Å². The highest BCUT2D eigenvalue weighted by Gasteiger charge is 2.54. The highest BCUT2D eigenvalue weighted by atomic mass is 15.1. The fourth-order valence-corrected chi connectivity index (χ4v) is 19.6. The molecule has 3 nitrogen and oxygen atoms in total. The second-order valence-corrected chi connectivity index (χ2v) is 26.3. The second kappa shape index (κ2) is 15.6. The van der Waals surface area contributed by atoms with Crippen molar-refractivity contribution >= 4 is 78.4 Å². The second-order valence-electron chi connectivity index (χ2n) is 26.3. The third-order valence-electron chi connectivity index (χ3n) is 22.5. The lowest BCUT2D eigenvalue weighted by Crippen LogP contribution is -2.55. The maximum absolute atomic E-state index is 2.89. The van der Waals surface area contributed by atoms with Crippen LogP contribution in [0.2, 0.25) is 0 Å². The van der Waals surface area contributed by atoms with Crippen molar-refractivity contribution in [3.63, 3.8) is 0 Å². The van der Waals surface area contributed by atoms with E-state index in [2.05, 4.69) is 208 Å². The number of nitrogens with zero attached hydrogens (tertiary/aromatic N) is 3. The fourth-order valence-electron chi connectivity index (χ4n) is 19.6. The smallest absolute Gasteiger partial charge is 0.333 e.